The predicted molar refractivity (Wildman–Crippen MR) is 55.7 cm³/mol. The number of rotatable bonds is 0. The third-order valence-corrected chi connectivity index (χ3v) is 3.49. The van der Waals surface area contributed by atoms with Gasteiger partial charge in [0.1, 0.15) is 0 Å². The lowest BCUT2D eigenvalue weighted by Crippen LogP contribution is -2.15. The molecule has 0 spiro atoms. The lowest BCUT2D eigenvalue weighted by atomic mass is 9.77. The standard InChI is InChI=1S/C12H16O2/c1-7-3-4-10-9(8(7)2)5-6-11(13)12(10)14/h5-8,13-14H,3-4H2,1-2H3. The van der Waals surface area contributed by atoms with E-state index in [1.165, 1.54) is 5.56 Å². The third-order valence-electron chi connectivity index (χ3n) is 3.49. The van der Waals surface area contributed by atoms with Gasteiger partial charge in [0, 0.05) is 5.56 Å². The molecule has 0 aromatic heterocycles. The Morgan fingerprint density at radius 1 is 1.21 bits per heavy atom. The van der Waals surface area contributed by atoms with Crippen molar-refractivity contribution >= 4 is 0 Å². The van der Waals surface area contributed by atoms with E-state index in [9.17, 15) is 10.2 Å². The van der Waals surface area contributed by atoms with E-state index in [4.69, 9.17) is 0 Å². The summed E-state index contributed by atoms with van der Waals surface area (Å²) in [7, 11) is 0. The molecule has 1 aliphatic carbocycles. The van der Waals surface area contributed by atoms with Gasteiger partial charge in [-0.15, -0.1) is 0 Å². The van der Waals surface area contributed by atoms with Crippen LogP contribution in [0.3, 0.4) is 0 Å². The van der Waals surface area contributed by atoms with Gasteiger partial charge in [-0.05, 0) is 36.3 Å². The molecule has 0 amide bonds. The fourth-order valence-electron chi connectivity index (χ4n) is 2.26. The average Bonchev–Trinajstić information content (AvgIpc) is 2.17. The largest absolute Gasteiger partial charge is 0.504 e. The molecule has 0 bridgehead atoms. The highest BCUT2D eigenvalue weighted by molar-refractivity contribution is 5.51. The first-order valence-corrected chi connectivity index (χ1v) is 5.15. The zero-order valence-corrected chi connectivity index (χ0v) is 8.62. The topological polar surface area (TPSA) is 40.5 Å². The minimum atomic E-state index is 0.00510. The van der Waals surface area contributed by atoms with E-state index in [0.29, 0.717) is 11.8 Å². The molecule has 2 N–H and O–H groups in total. The second-order valence-electron chi connectivity index (χ2n) is 4.31. The summed E-state index contributed by atoms with van der Waals surface area (Å²) < 4.78 is 0. The zero-order valence-electron chi connectivity index (χ0n) is 8.62. The van der Waals surface area contributed by atoms with Crippen LogP contribution in [0.25, 0.3) is 0 Å². The number of phenols is 2. The molecule has 2 heteroatoms. The molecular weight excluding hydrogens is 176 g/mol. The molecular formula is C12H16O2. The summed E-state index contributed by atoms with van der Waals surface area (Å²) in [6.07, 6.45) is 1.96. The highest BCUT2D eigenvalue weighted by Crippen LogP contribution is 2.42. The van der Waals surface area contributed by atoms with Crippen molar-refractivity contribution < 1.29 is 10.2 Å². The van der Waals surface area contributed by atoms with Crippen LogP contribution in [0.15, 0.2) is 12.1 Å². The summed E-state index contributed by atoms with van der Waals surface area (Å²) in [5.74, 6) is 1.23. The van der Waals surface area contributed by atoms with E-state index in [2.05, 4.69) is 13.8 Å². The third kappa shape index (κ3) is 1.26. The van der Waals surface area contributed by atoms with Crippen LogP contribution in [0, 0.1) is 5.92 Å². The van der Waals surface area contributed by atoms with Crippen LogP contribution in [-0.4, -0.2) is 10.2 Å². The van der Waals surface area contributed by atoms with Gasteiger partial charge >= 0.3 is 0 Å². The molecule has 0 radical (unpaired) electrons. The molecule has 2 unspecified atom stereocenters. The number of hydrogen-bond donors (Lipinski definition) is 2. The van der Waals surface area contributed by atoms with E-state index in [-0.39, 0.29) is 11.5 Å². The van der Waals surface area contributed by atoms with E-state index in [1.807, 2.05) is 6.07 Å². The Morgan fingerprint density at radius 2 is 1.93 bits per heavy atom. The lowest BCUT2D eigenvalue weighted by Gasteiger charge is -2.29. The molecule has 0 saturated heterocycles. The maximum Gasteiger partial charge on any atom is 0.160 e. The van der Waals surface area contributed by atoms with Crippen LogP contribution in [0.1, 0.15) is 37.3 Å². The molecule has 14 heavy (non-hydrogen) atoms. The van der Waals surface area contributed by atoms with Crippen molar-refractivity contribution in [3.05, 3.63) is 23.3 Å². The van der Waals surface area contributed by atoms with Gasteiger partial charge < -0.3 is 10.2 Å². The first-order chi connectivity index (χ1) is 6.61. The minimum Gasteiger partial charge on any atom is -0.504 e. The number of fused-ring (bicyclic) bond motifs is 1. The monoisotopic (exact) mass is 192 g/mol. The summed E-state index contributed by atoms with van der Waals surface area (Å²) in [6.45, 7) is 4.41. The number of hydrogen-bond acceptors (Lipinski definition) is 2. The van der Waals surface area contributed by atoms with Crippen LogP contribution >= 0.6 is 0 Å². The number of phenolic OH excluding ortho intramolecular Hbond substituents is 2. The van der Waals surface area contributed by atoms with Crippen LogP contribution in [-0.2, 0) is 6.42 Å². The summed E-state index contributed by atoms with van der Waals surface area (Å²) in [5.41, 5.74) is 2.13. The predicted octanol–water partition coefficient (Wildman–Crippen LogP) is 2.78. The van der Waals surface area contributed by atoms with E-state index in [0.717, 1.165) is 18.4 Å². The quantitative estimate of drug-likeness (QED) is 0.620. The average molecular weight is 192 g/mol. The maximum absolute atomic E-state index is 9.70. The highest BCUT2D eigenvalue weighted by atomic mass is 16.3. The zero-order chi connectivity index (χ0) is 10.3. The fourth-order valence-corrected chi connectivity index (χ4v) is 2.26. The van der Waals surface area contributed by atoms with Crippen LogP contribution in [0.4, 0.5) is 0 Å². The molecule has 2 atom stereocenters. The molecule has 76 valence electrons. The molecule has 1 aliphatic rings. The van der Waals surface area contributed by atoms with Crippen molar-refractivity contribution in [1.29, 1.82) is 0 Å². The molecule has 1 aromatic carbocycles. The van der Waals surface area contributed by atoms with Gasteiger partial charge in [0.25, 0.3) is 0 Å². The van der Waals surface area contributed by atoms with Gasteiger partial charge in [-0.1, -0.05) is 19.9 Å². The Labute approximate surface area is 84.2 Å². The minimum absolute atomic E-state index is 0.00510. The summed E-state index contributed by atoms with van der Waals surface area (Å²) in [5, 5.41) is 19.1. The van der Waals surface area contributed by atoms with Gasteiger partial charge in [0.05, 0.1) is 0 Å². The summed E-state index contributed by atoms with van der Waals surface area (Å²) in [6, 6.07) is 3.52. The van der Waals surface area contributed by atoms with Gasteiger partial charge in [0.2, 0.25) is 0 Å². The van der Waals surface area contributed by atoms with Crippen molar-refractivity contribution in [2.75, 3.05) is 0 Å². The van der Waals surface area contributed by atoms with E-state index in [1.54, 1.807) is 6.07 Å². The molecule has 0 aliphatic heterocycles. The highest BCUT2D eigenvalue weighted by Gasteiger charge is 2.25. The molecule has 2 nitrogen and oxygen atoms in total. The normalized spacial score (nSPS) is 25.9. The van der Waals surface area contributed by atoms with E-state index >= 15 is 0 Å². The second-order valence-corrected chi connectivity index (χ2v) is 4.31. The van der Waals surface area contributed by atoms with E-state index < -0.39 is 0 Å². The number of benzene rings is 1. The van der Waals surface area contributed by atoms with Crippen LogP contribution in [0.2, 0.25) is 0 Å². The maximum atomic E-state index is 9.70. The first kappa shape index (κ1) is 9.38. The van der Waals surface area contributed by atoms with Crippen LogP contribution in [0.5, 0.6) is 11.5 Å². The van der Waals surface area contributed by atoms with Crippen molar-refractivity contribution in [2.24, 2.45) is 5.92 Å². The molecule has 0 saturated carbocycles. The summed E-state index contributed by atoms with van der Waals surface area (Å²) >= 11 is 0. The Bertz CT molecular complexity index is 358. The molecule has 0 heterocycles. The second kappa shape index (κ2) is 3.19. The van der Waals surface area contributed by atoms with Crippen molar-refractivity contribution in [3.63, 3.8) is 0 Å². The van der Waals surface area contributed by atoms with Crippen LogP contribution < -0.4 is 0 Å². The van der Waals surface area contributed by atoms with Gasteiger partial charge in [-0.25, -0.2) is 0 Å². The Morgan fingerprint density at radius 3 is 2.64 bits per heavy atom. The molecule has 1 aromatic rings. The SMILES string of the molecule is CC1CCc2c(ccc(O)c2O)C1C. The smallest absolute Gasteiger partial charge is 0.160 e. The van der Waals surface area contributed by atoms with Gasteiger partial charge in [0.15, 0.2) is 11.5 Å². The van der Waals surface area contributed by atoms with Gasteiger partial charge in [-0.2, -0.15) is 0 Å². The Kier molecular flexibility index (Phi) is 2.14. The van der Waals surface area contributed by atoms with Crippen molar-refractivity contribution in [1.82, 2.24) is 0 Å². The van der Waals surface area contributed by atoms with Crippen molar-refractivity contribution in [3.8, 4) is 11.5 Å². The molecule has 2 rings (SSSR count). The molecule has 0 fully saturated rings. The van der Waals surface area contributed by atoms with Gasteiger partial charge in [-0.3, -0.25) is 0 Å². The lowest BCUT2D eigenvalue weighted by molar-refractivity contribution is 0.377. The van der Waals surface area contributed by atoms with Crippen molar-refractivity contribution in [2.45, 2.75) is 32.6 Å². The first-order valence-electron chi connectivity index (χ1n) is 5.15. The number of aromatic hydroxyl groups is 2. The fraction of sp³-hybridized carbons (Fsp3) is 0.500. The Hall–Kier alpha value is -1.18. The summed E-state index contributed by atoms with van der Waals surface area (Å²) in [4.78, 5) is 0. The Balaban J connectivity index is 2.53.